The van der Waals surface area contributed by atoms with Crippen LogP contribution < -0.4 is 11.1 Å². The van der Waals surface area contributed by atoms with Crippen LogP contribution in [-0.2, 0) is 4.79 Å². The molecule has 5 heteroatoms. The van der Waals surface area contributed by atoms with Gasteiger partial charge >= 0.3 is 0 Å². The summed E-state index contributed by atoms with van der Waals surface area (Å²) < 4.78 is 0. The van der Waals surface area contributed by atoms with E-state index in [0.29, 0.717) is 12.1 Å². The van der Waals surface area contributed by atoms with E-state index < -0.39 is 0 Å². The number of benzene rings is 1. The average molecular weight is 250 g/mol. The van der Waals surface area contributed by atoms with Gasteiger partial charge in [0.15, 0.2) is 5.71 Å². The summed E-state index contributed by atoms with van der Waals surface area (Å²) in [5.74, 6) is -0.349. The third kappa shape index (κ3) is 4.55. The topological polar surface area (TPSA) is 89.3 Å². The number of amides is 1. The van der Waals surface area contributed by atoms with Gasteiger partial charge in [-0.25, -0.2) is 0 Å². The predicted molar refractivity (Wildman–Crippen MR) is 69.4 cm³/mol. The van der Waals surface area contributed by atoms with Crippen LogP contribution in [0.15, 0.2) is 35.5 Å². The monoisotopic (exact) mass is 250 g/mol. The Hall–Kier alpha value is -1.88. The summed E-state index contributed by atoms with van der Waals surface area (Å²) in [5.41, 5.74) is 4.42. The number of carbonyl (C=O) groups is 1. The van der Waals surface area contributed by atoms with E-state index in [0.717, 1.165) is 25.8 Å². The van der Waals surface area contributed by atoms with Crippen molar-refractivity contribution in [2.75, 3.05) is 13.1 Å². The number of rotatable bonds is 7. The molecule has 0 atom stereocenters. The molecule has 0 aliphatic heterocycles. The van der Waals surface area contributed by atoms with Crippen LogP contribution in [0.4, 0.5) is 0 Å². The Bertz CT molecular complexity index is 390. The van der Waals surface area contributed by atoms with Crippen molar-refractivity contribution in [2.45, 2.75) is 19.3 Å². The summed E-state index contributed by atoms with van der Waals surface area (Å²) in [6.45, 7) is 1.51. The van der Waals surface area contributed by atoms with Crippen LogP contribution in [0.1, 0.15) is 24.8 Å². The van der Waals surface area contributed by atoms with Crippen molar-refractivity contribution < 1.29 is 15.7 Å². The van der Waals surface area contributed by atoms with Crippen molar-refractivity contribution in [1.29, 1.82) is 0 Å². The lowest BCUT2D eigenvalue weighted by Gasteiger charge is -2.06. The molecule has 1 amide bonds. The Morgan fingerprint density at radius 2 is 1.94 bits per heavy atom. The summed E-state index contributed by atoms with van der Waals surface area (Å²) in [6.07, 6.45) is 3.02. The van der Waals surface area contributed by atoms with E-state index in [1.165, 1.54) is 0 Å². The van der Waals surface area contributed by atoms with Crippen molar-refractivity contribution in [2.24, 2.45) is 5.16 Å². The van der Waals surface area contributed by atoms with Gasteiger partial charge < -0.3 is 16.3 Å². The van der Waals surface area contributed by atoms with E-state index in [-0.39, 0.29) is 11.6 Å². The second-order valence-corrected chi connectivity index (χ2v) is 3.98. The van der Waals surface area contributed by atoms with Gasteiger partial charge in [-0.3, -0.25) is 4.79 Å². The number of oxime groups is 1. The van der Waals surface area contributed by atoms with Gasteiger partial charge in [-0.2, -0.15) is 0 Å². The molecule has 0 saturated carbocycles. The van der Waals surface area contributed by atoms with E-state index in [9.17, 15) is 4.79 Å². The molecule has 1 rings (SSSR count). The first kappa shape index (κ1) is 14.2. The molecule has 0 unspecified atom stereocenters. The molecule has 5 N–H and O–H groups in total. The van der Waals surface area contributed by atoms with Crippen LogP contribution in [0.2, 0.25) is 0 Å². The summed E-state index contributed by atoms with van der Waals surface area (Å²) >= 11 is 0. The lowest BCUT2D eigenvalue weighted by Crippen LogP contribution is -2.50. The number of hydrogen-bond donors (Lipinski definition) is 3. The molecule has 1 aromatic carbocycles. The first-order valence-corrected chi connectivity index (χ1v) is 6.14. The van der Waals surface area contributed by atoms with Gasteiger partial charge in [0.1, 0.15) is 0 Å². The van der Waals surface area contributed by atoms with E-state index in [1.807, 2.05) is 6.07 Å². The van der Waals surface area contributed by atoms with Gasteiger partial charge in [-0.1, -0.05) is 35.5 Å². The van der Waals surface area contributed by atoms with Crippen LogP contribution in [0.3, 0.4) is 0 Å². The first-order valence-electron chi connectivity index (χ1n) is 6.14. The predicted octanol–water partition coefficient (Wildman–Crippen LogP) is 0.393. The van der Waals surface area contributed by atoms with Gasteiger partial charge in [0.25, 0.3) is 5.91 Å². The highest BCUT2D eigenvalue weighted by Crippen LogP contribution is 2.01. The molecule has 0 aliphatic rings. The molecule has 0 aromatic heterocycles. The van der Waals surface area contributed by atoms with Crippen molar-refractivity contribution >= 4 is 11.6 Å². The Morgan fingerprint density at radius 1 is 1.22 bits per heavy atom. The number of unbranched alkanes of at least 4 members (excludes halogenated alkanes) is 2. The third-order valence-corrected chi connectivity index (χ3v) is 2.57. The minimum absolute atomic E-state index is 0.0489. The van der Waals surface area contributed by atoms with Crippen molar-refractivity contribution in [3.05, 3.63) is 35.9 Å². The van der Waals surface area contributed by atoms with Crippen molar-refractivity contribution in [3.8, 4) is 0 Å². The molecule has 0 heterocycles. The fraction of sp³-hybridized carbons (Fsp3) is 0.385. The van der Waals surface area contributed by atoms with E-state index in [1.54, 1.807) is 24.3 Å². The lowest BCUT2D eigenvalue weighted by atomic mass is 10.1. The maximum atomic E-state index is 11.8. The molecule has 0 bridgehead atoms. The van der Waals surface area contributed by atoms with Crippen molar-refractivity contribution in [1.82, 2.24) is 5.32 Å². The highest BCUT2D eigenvalue weighted by atomic mass is 16.4. The second-order valence-electron chi connectivity index (χ2n) is 3.98. The maximum Gasteiger partial charge on any atom is 0.273 e. The highest BCUT2D eigenvalue weighted by Gasteiger charge is 2.13. The normalized spacial score (nSPS) is 11.3. The molecular weight excluding hydrogens is 230 g/mol. The second kappa shape index (κ2) is 8.25. The van der Waals surface area contributed by atoms with E-state index in [2.05, 4.69) is 16.2 Å². The fourth-order valence-electron chi connectivity index (χ4n) is 1.59. The molecule has 5 nitrogen and oxygen atoms in total. The lowest BCUT2D eigenvalue weighted by molar-refractivity contribution is -0.368. The van der Waals surface area contributed by atoms with Crippen LogP contribution in [0, 0.1) is 0 Å². The minimum atomic E-state index is -0.349. The smallest absolute Gasteiger partial charge is 0.273 e. The standard InChI is InChI=1S/C13H19N3O2/c14-9-5-2-6-10-15-13(17)12(16-18)11-7-3-1-4-8-11/h1,3-4,7-8,18H,2,5-6,9-10,14H2,(H,15,17)/p+1/b16-12+. The zero-order chi connectivity index (χ0) is 13.2. The van der Waals surface area contributed by atoms with Gasteiger partial charge in [0.2, 0.25) is 0 Å². The first-order chi connectivity index (χ1) is 8.79. The Kier molecular flexibility index (Phi) is 6.50. The largest absolute Gasteiger partial charge is 0.410 e. The molecular formula is C13H20N3O2+. The number of quaternary nitrogens is 1. The molecule has 1 aromatic rings. The Morgan fingerprint density at radius 3 is 2.56 bits per heavy atom. The van der Waals surface area contributed by atoms with E-state index in [4.69, 9.17) is 5.21 Å². The molecule has 98 valence electrons. The summed E-state index contributed by atoms with van der Waals surface area (Å²) in [5, 5.41) is 14.7. The number of hydrogen-bond acceptors (Lipinski definition) is 3. The van der Waals surface area contributed by atoms with E-state index >= 15 is 0 Å². The van der Waals surface area contributed by atoms with Crippen LogP contribution in [0.5, 0.6) is 0 Å². The Labute approximate surface area is 107 Å². The fourth-order valence-corrected chi connectivity index (χ4v) is 1.59. The molecule has 0 fully saturated rings. The van der Waals surface area contributed by atoms with Crippen LogP contribution in [-0.4, -0.2) is 29.9 Å². The highest BCUT2D eigenvalue weighted by molar-refractivity contribution is 6.45. The average Bonchev–Trinajstić information content (AvgIpc) is 2.40. The van der Waals surface area contributed by atoms with Gasteiger partial charge in [0, 0.05) is 12.1 Å². The van der Waals surface area contributed by atoms with Gasteiger partial charge in [-0.05, 0) is 19.3 Å². The summed E-state index contributed by atoms with van der Waals surface area (Å²) in [6, 6.07) is 8.90. The number of carbonyl (C=O) groups excluding carboxylic acids is 1. The Balaban J connectivity index is 2.45. The quantitative estimate of drug-likeness (QED) is 0.283. The van der Waals surface area contributed by atoms with Crippen LogP contribution in [0.25, 0.3) is 0 Å². The maximum absolute atomic E-state index is 11.8. The molecule has 0 radical (unpaired) electrons. The third-order valence-electron chi connectivity index (χ3n) is 2.57. The minimum Gasteiger partial charge on any atom is -0.410 e. The number of nitrogens with one attached hydrogen (secondary N) is 1. The van der Waals surface area contributed by atoms with Gasteiger partial charge in [0.05, 0.1) is 6.54 Å². The summed E-state index contributed by atoms with van der Waals surface area (Å²) in [7, 11) is 0. The zero-order valence-corrected chi connectivity index (χ0v) is 10.4. The molecule has 0 saturated heterocycles. The van der Waals surface area contributed by atoms with Crippen LogP contribution >= 0.6 is 0 Å². The number of nitrogens with zero attached hydrogens (tertiary/aromatic N) is 1. The zero-order valence-electron chi connectivity index (χ0n) is 10.4. The molecule has 0 spiro atoms. The van der Waals surface area contributed by atoms with Gasteiger partial charge in [-0.15, -0.1) is 0 Å². The molecule has 18 heavy (non-hydrogen) atoms. The molecule has 0 aliphatic carbocycles. The SMILES string of the molecule is [NH3+]CCCCCNC(=O)/C(=N/O)c1ccccc1. The van der Waals surface area contributed by atoms with Crippen molar-refractivity contribution in [3.63, 3.8) is 0 Å². The summed E-state index contributed by atoms with van der Waals surface area (Å²) in [4.78, 5) is 11.8.